The van der Waals surface area contributed by atoms with E-state index < -0.39 is 0 Å². The molecule has 4 rings (SSSR count). The summed E-state index contributed by atoms with van der Waals surface area (Å²) in [6.07, 6.45) is 4.65. The van der Waals surface area contributed by atoms with E-state index in [2.05, 4.69) is 115 Å². The van der Waals surface area contributed by atoms with Crippen LogP contribution >= 0.6 is 0 Å². The minimum atomic E-state index is -0.0788. The largest absolute Gasteiger partial charge is 0.376 e. The number of nitrogens with one attached hydrogen (secondary N) is 2. The van der Waals surface area contributed by atoms with Gasteiger partial charge in [0.15, 0.2) is 0 Å². The molecule has 2 aromatic rings. The number of allylic oxidation sites excluding steroid dienone is 2. The van der Waals surface area contributed by atoms with Crippen LogP contribution in [0.15, 0.2) is 48.6 Å². The fraction of sp³-hybridized carbons (Fsp3) is 0.407. The van der Waals surface area contributed by atoms with E-state index in [1.54, 1.807) is 0 Å². The molecule has 152 valence electrons. The molecule has 2 heterocycles. The number of hydrogen-bond donors (Lipinski definition) is 2. The lowest BCUT2D eigenvalue weighted by molar-refractivity contribution is 0.639. The predicted octanol–water partition coefficient (Wildman–Crippen LogP) is 7.23. The molecule has 2 heteroatoms. The highest BCUT2D eigenvalue weighted by molar-refractivity contribution is 5.82. The molecule has 0 unspecified atom stereocenters. The normalized spacial score (nSPS) is 19.2. The Kier molecular flexibility index (Phi) is 4.28. The smallest absolute Gasteiger partial charge is 0.0505 e. The van der Waals surface area contributed by atoms with Gasteiger partial charge in [0.25, 0.3) is 0 Å². The number of hydrogen-bond acceptors (Lipinski definition) is 2. The standard InChI is InChI=1S/C27H34N2/c1-17-15-25(3,4)28-23-11-9-19(13-21(17)23)27(7,8)20-10-12-24-22(14-20)18(2)16-26(5,6)29-24/h9-16,28-29H,1-8H3. The van der Waals surface area contributed by atoms with Gasteiger partial charge in [-0.1, -0.05) is 38.1 Å². The van der Waals surface area contributed by atoms with E-state index in [9.17, 15) is 0 Å². The number of benzene rings is 2. The fourth-order valence-corrected chi connectivity index (χ4v) is 4.91. The molecule has 0 saturated heterocycles. The van der Waals surface area contributed by atoms with Gasteiger partial charge < -0.3 is 10.6 Å². The zero-order valence-electron chi connectivity index (χ0n) is 19.1. The molecule has 2 aliphatic heterocycles. The van der Waals surface area contributed by atoms with Gasteiger partial charge in [-0.25, -0.2) is 0 Å². The first-order valence-corrected chi connectivity index (χ1v) is 10.6. The Morgan fingerprint density at radius 1 is 0.655 bits per heavy atom. The number of rotatable bonds is 2. The molecule has 2 aromatic carbocycles. The summed E-state index contributed by atoms with van der Waals surface area (Å²) in [4.78, 5) is 0. The van der Waals surface area contributed by atoms with Gasteiger partial charge in [-0.2, -0.15) is 0 Å². The zero-order valence-corrected chi connectivity index (χ0v) is 19.1. The first kappa shape index (κ1) is 19.8. The van der Waals surface area contributed by atoms with Gasteiger partial charge in [-0.3, -0.25) is 0 Å². The summed E-state index contributed by atoms with van der Waals surface area (Å²) >= 11 is 0. The van der Waals surface area contributed by atoms with Crippen LogP contribution in [0.25, 0.3) is 11.1 Å². The molecule has 0 atom stereocenters. The Labute approximate surface area is 176 Å². The Morgan fingerprint density at radius 3 is 1.41 bits per heavy atom. The van der Waals surface area contributed by atoms with Crippen molar-refractivity contribution in [3.8, 4) is 0 Å². The lowest BCUT2D eigenvalue weighted by Gasteiger charge is -2.35. The third-order valence-corrected chi connectivity index (χ3v) is 6.40. The molecule has 2 N–H and O–H groups in total. The Bertz CT molecular complexity index is 965. The van der Waals surface area contributed by atoms with Crippen LogP contribution < -0.4 is 10.6 Å². The third kappa shape index (κ3) is 3.50. The van der Waals surface area contributed by atoms with Crippen molar-refractivity contribution < 1.29 is 0 Å². The van der Waals surface area contributed by atoms with Crippen molar-refractivity contribution in [3.63, 3.8) is 0 Å². The van der Waals surface area contributed by atoms with Crippen LogP contribution in [0.5, 0.6) is 0 Å². The van der Waals surface area contributed by atoms with Crippen LogP contribution in [0.3, 0.4) is 0 Å². The topological polar surface area (TPSA) is 24.1 Å². The van der Waals surface area contributed by atoms with Crippen molar-refractivity contribution in [2.75, 3.05) is 10.6 Å². The van der Waals surface area contributed by atoms with Crippen LogP contribution in [0, 0.1) is 0 Å². The summed E-state index contributed by atoms with van der Waals surface area (Å²) in [7, 11) is 0. The molecular weight excluding hydrogens is 352 g/mol. The van der Waals surface area contributed by atoms with E-state index in [0.29, 0.717) is 0 Å². The van der Waals surface area contributed by atoms with E-state index in [0.717, 1.165) is 0 Å². The van der Waals surface area contributed by atoms with Gasteiger partial charge in [0.1, 0.15) is 0 Å². The average molecular weight is 387 g/mol. The van der Waals surface area contributed by atoms with Crippen molar-refractivity contribution in [1.82, 2.24) is 0 Å². The quantitative estimate of drug-likeness (QED) is 0.569. The molecule has 0 bridgehead atoms. The van der Waals surface area contributed by atoms with Gasteiger partial charge in [0.2, 0.25) is 0 Å². The summed E-state index contributed by atoms with van der Waals surface area (Å²) in [6, 6.07) is 13.8. The molecule has 0 radical (unpaired) electrons. The van der Waals surface area contributed by atoms with Crippen molar-refractivity contribution in [1.29, 1.82) is 0 Å². The summed E-state index contributed by atoms with van der Waals surface area (Å²) in [5, 5.41) is 7.29. The van der Waals surface area contributed by atoms with Gasteiger partial charge in [0, 0.05) is 27.9 Å². The minimum Gasteiger partial charge on any atom is -0.376 e. The Hall–Kier alpha value is -2.48. The maximum absolute atomic E-state index is 3.65. The highest BCUT2D eigenvalue weighted by Crippen LogP contribution is 2.41. The summed E-state index contributed by atoms with van der Waals surface area (Å²) in [6.45, 7) is 18.0. The van der Waals surface area contributed by atoms with Crippen LogP contribution in [0.1, 0.15) is 77.6 Å². The Morgan fingerprint density at radius 2 is 1.03 bits per heavy atom. The van der Waals surface area contributed by atoms with Crippen molar-refractivity contribution >= 4 is 22.5 Å². The number of anilines is 2. The molecule has 0 amide bonds. The zero-order chi connectivity index (χ0) is 21.2. The molecule has 2 nitrogen and oxygen atoms in total. The third-order valence-electron chi connectivity index (χ3n) is 6.40. The lowest BCUT2D eigenvalue weighted by Crippen LogP contribution is -2.32. The maximum Gasteiger partial charge on any atom is 0.0505 e. The van der Waals surface area contributed by atoms with Crippen LogP contribution in [0.2, 0.25) is 0 Å². The summed E-state index contributed by atoms with van der Waals surface area (Å²) in [5.41, 5.74) is 10.4. The molecule has 0 spiro atoms. The molecule has 0 saturated carbocycles. The monoisotopic (exact) mass is 386 g/mol. The van der Waals surface area contributed by atoms with Crippen molar-refractivity contribution in [2.45, 2.75) is 71.9 Å². The van der Waals surface area contributed by atoms with Gasteiger partial charge in [0.05, 0.1) is 11.1 Å². The van der Waals surface area contributed by atoms with Gasteiger partial charge in [-0.05, 0) is 88.1 Å². The second-order valence-corrected chi connectivity index (χ2v) is 10.5. The van der Waals surface area contributed by atoms with Crippen LogP contribution in [-0.4, -0.2) is 11.1 Å². The second-order valence-electron chi connectivity index (χ2n) is 10.5. The maximum atomic E-state index is 3.65. The van der Waals surface area contributed by atoms with Gasteiger partial charge >= 0.3 is 0 Å². The van der Waals surface area contributed by atoms with Crippen LogP contribution in [-0.2, 0) is 5.41 Å². The highest BCUT2D eigenvalue weighted by atomic mass is 15.0. The number of fused-ring (bicyclic) bond motifs is 2. The summed E-state index contributed by atoms with van der Waals surface area (Å²) in [5.74, 6) is 0. The van der Waals surface area contributed by atoms with Crippen molar-refractivity contribution in [2.24, 2.45) is 0 Å². The fourth-order valence-electron chi connectivity index (χ4n) is 4.91. The molecule has 29 heavy (non-hydrogen) atoms. The first-order valence-electron chi connectivity index (χ1n) is 10.6. The Balaban J connectivity index is 1.76. The summed E-state index contributed by atoms with van der Waals surface area (Å²) < 4.78 is 0. The molecule has 0 aliphatic carbocycles. The average Bonchev–Trinajstić information content (AvgIpc) is 2.59. The molecule has 0 aromatic heterocycles. The van der Waals surface area contributed by atoms with E-state index in [4.69, 9.17) is 0 Å². The predicted molar refractivity (Wildman–Crippen MR) is 128 cm³/mol. The first-order chi connectivity index (χ1) is 13.4. The molecule has 0 fully saturated rings. The van der Waals surface area contributed by atoms with Gasteiger partial charge in [-0.15, -0.1) is 0 Å². The minimum absolute atomic E-state index is 0.00273. The highest BCUT2D eigenvalue weighted by Gasteiger charge is 2.29. The van der Waals surface area contributed by atoms with E-state index in [1.165, 1.54) is 44.8 Å². The molecule has 2 aliphatic rings. The lowest BCUT2D eigenvalue weighted by atomic mass is 9.75. The SMILES string of the molecule is CC1=CC(C)(C)Nc2ccc(C(C)(C)c3ccc4c(c3)C(C)=CC(C)(C)N4)cc21. The van der Waals surface area contributed by atoms with E-state index in [1.807, 2.05) is 0 Å². The van der Waals surface area contributed by atoms with Crippen LogP contribution in [0.4, 0.5) is 11.4 Å². The van der Waals surface area contributed by atoms with E-state index >= 15 is 0 Å². The molecular formula is C27H34N2. The second kappa shape index (κ2) is 6.26. The van der Waals surface area contributed by atoms with E-state index in [-0.39, 0.29) is 16.5 Å². The van der Waals surface area contributed by atoms with Crippen molar-refractivity contribution in [3.05, 3.63) is 70.8 Å².